The van der Waals surface area contributed by atoms with E-state index in [9.17, 15) is 18.7 Å². The molecule has 1 saturated heterocycles. The minimum Gasteiger partial charge on any atom is -0.386 e. The van der Waals surface area contributed by atoms with Crippen LogP contribution in [0.4, 0.5) is 8.78 Å². The Morgan fingerprint density at radius 2 is 2.04 bits per heavy atom. The van der Waals surface area contributed by atoms with Gasteiger partial charge in [-0.25, -0.2) is 13.5 Å². The van der Waals surface area contributed by atoms with Crippen LogP contribution in [0.15, 0.2) is 18.2 Å². The largest absolute Gasteiger partial charge is 0.386 e. The summed E-state index contributed by atoms with van der Waals surface area (Å²) in [6.45, 7) is 3.18. The number of rotatable bonds is 5. The molecule has 7 nitrogen and oxygen atoms in total. The van der Waals surface area contributed by atoms with Gasteiger partial charge in [0.1, 0.15) is 17.7 Å². The predicted molar refractivity (Wildman–Crippen MR) is 89.6 cm³/mol. The lowest BCUT2D eigenvalue weighted by atomic mass is 10.1. The zero-order chi connectivity index (χ0) is 18.7. The van der Waals surface area contributed by atoms with Crippen LogP contribution in [0.1, 0.15) is 46.7 Å². The van der Waals surface area contributed by atoms with Crippen LogP contribution in [-0.2, 0) is 0 Å². The van der Waals surface area contributed by atoms with Crippen molar-refractivity contribution in [1.29, 1.82) is 0 Å². The molecule has 1 fully saturated rings. The fourth-order valence-electron chi connectivity index (χ4n) is 3.15. The average Bonchev–Trinajstić information content (AvgIpc) is 3.02. The Bertz CT molecular complexity index is 769. The first-order chi connectivity index (χ1) is 12.5. The van der Waals surface area contributed by atoms with Gasteiger partial charge in [-0.3, -0.25) is 4.79 Å². The first-order valence-electron chi connectivity index (χ1n) is 8.51. The average molecular weight is 365 g/mol. The Hall–Kier alpha value is -2.39. The summed E-state index contributed by atoms with van der Waals surface area (Å²) in [5.74, 6) is -2.27. The predicted octanol–water partition coefficient (Wildman–Crippen LogP) is 1.25. The number of aliphatic hydroxyl groups is 1. The second-order valence-corrected chi connectivity index (χ2v) is 6.31. The number of halogens is 2. The minimum atomic E-state index is -1.50. The summed E-state index contributed by atoms with van der Waals surface area (Å²) in [4.78, 5) is 12.3. The molecule has 1 aliphatic rings. The first-order valence-corrected chi connectivity index (χ1v) is 8.51. The molecular weight excluding hydrogens is 344 g/mol. The summed E-state index contributed by atoms with van der Waals surface area (Å²) in [5.41, 5.74) is 0.300. The van der Waals surface area contributed by atoms with Crippen molar-refractivity contribution in [3.63, 3.8) is 0 Å². The monoisotopic (exact) mass is 365 g/mol. The highest BCUT2D eigenvalue weighted by Crippen LogP contribution is 2.21. The van der Waals surface area contributed by atoms with Crippen molar-refractivity contribution in [2.24, 2.45) is 0 Å². The molecule has 1 aromatic carbocycles. The smallest absolute Gasteiger partial charge is 0.273 e. The SMILES string of the molecule is Cc1c(C(=O)NC[C@H](O)c2c(F)cccc2F)nnn1C1CCNCC1. The molecule has 1 aliphatic heterocycles. The highest BCUT2D eigenvalue weighted by atomic mass is 19.1. The number of carbonyl (C=O) groups is 1. The van der Waals surface area contributed by atoms with Gasteiger partial charge in [-0.1, -0.05) is 11.3 Å². The van der Waals surface area contributed by atoms with Crippen molar-refractivity contribution in [3.8, 4) is 0 Å². The zero-order valence-corrected chi connectivity index (χ0v) is 14.4. The second kappa shape index (κ2) is 7.88. The molecule has 9 heteroatoms. The van der Waals surface area contributed by atoms with E-state index in [0.717, 1.165) is 38.1 Å². The molecule has 2 heterocycles. The van der Waals surface area contributed by atoms with Crippen LogP contribution in [-0.4, -0.2) is 45.6 Å². The highest BCUT2D eigenvalue weighted by molar-refractivity contribution is 5.93. The van der Waals surface area contributed by atoms with Gasteiger partial charge >= 0.3 is 0 Å². The Balaban J connectivity index is 1.66. The van der Waals surface area contributed by atoms with Gasteiger partial charge in [-0.2, -0.15) is 0 Å². The van der Waals surface area contributed by atoms with Gasteiger partial charge in [0.15, 0.2) is 5.69 Å². The number of nitrogens with one attached hydrogen (secondary N) is 2. The summed E-state index contributed by atoms with van der Waals surface area (Å²) in [6.07, 6.45) is 0.299. The topological polar surface area (TPSA) is 92.1 Å². The van der Waals surface area contributed by atoms with Crippen LogP contribution in [0, 0.1) is 18.6 Å². The lowest BCUT2D eigenvalue weighted by Gasteiger charge is -2.23. The maximum absolute atomic E-state index is 13.7. The van der Waals surface area contributed by atoms with Gasteiger partial charge in [0.25, 0.3) is 5.91 Å². The van der Waals surface area contributed by atoms with E-state index in [1.807, 2.05) is 0 Å². The number of aromatic nitrogens is 3. The third-order valence-electron chi connectivity index (χ3n) is 4.59. The van der Waals surface area contributed by atoms with Crippen molar-refractivity contribution in [3.05, 3.63) is 46.8 Å². The molecule has 0 radical (unpaired) electrons. The molecule has 26 heavy (non-hydrogen) atoms. The number of benzene rings is 1. The van der Waals surface area contributed by atoms with Gasteiger partial charge in [0, 0.05) is 6.54 Å². The number of amides is 1. The molecule has 0 saturated carbocycles. The molecule has 140 valence electrons. The first kappa shape index (κ1) is 18.4. The number of hydrogen-bond donors (Lipinski definition) is 3. The summed E-state index contributed by atoms with van der Waals surface area (Å²) in [6, 6.07) is 3.50. The third-order valence-corrected chi connectivity index (χ3v) is 4.59. The Morgan fingerprint density at radius 3 is 2.69 bits per heavy atom. The van der Waals surface area contributed by atoms with E-state index < -0.39 is 29.2 Å². The summed E-state index contributed by atoms with van der Waals surface area (Å²) >= 11 is 0. The van der Waals surface area contributed by atoms with E-state index in [0.29, 0.717) is 5.69 Å². The zero-order valence-electron chi connectivity index (χ0n) is 14.4. The van der Waals surface area contributed by atoms with Crippen molar-refractivity contribution in [1.82, 2.24) is 25.6 Å². The molecule has 0 unspecified atom stereocenters. The fraction of sp³-hybridized carbons (Fsp3) is 0.471. The quantitative estimate of drug-likeness (QED) is 0.742. The van der Waals surface area contributed by atoms with E-state index in [4.69, 9.17) is 0 Å². The van der Waals surface area contributed by atoms with Gasteiger partial charge in [-0.05, 0) is 45.0 Å². The van der Waals surface area contributed by atoms with Crippen molar-refractivity contribution < 1.29 is 18.7 Å². The molecule has 3 rings (SSSR count). The number of piperidine rings is 1. The molecule has 1 amide bonds. The molecule has 2 aromatic rings. The molecule has 1 atom stereocenters. The van der Waals surface area contributed by atoms with E-state index in [1.54, 1.807) is 11.6 Å². The molecular formula is C17H21F2N5O2. The van der Waals surface area contributed by atoms with Crippen LogP contribution in [0.25, 0.3) is 0 Å². The molecule has 0 spiro atoms. The molecule has 1 aromatic heterocycles. The lowest BCUT2D eigenvalue weighted by Crippen LogP contribution is -2.31. The highest BCUT2D eigenvalue weighted by Gasteiger charge is 2.24. The number of aliphatic hydroxyl groups excluding tert-OH is 1. The van der Waals surface area contributed by atoms with Crippen LogP contribution in [0.5, 0.6) is 0 Å². The number of hydrogen-bond acceptors (Lipinski definition) is 5. The number of nitrogens with zero attached hydrogens (tertiary/aromatic N) is 3. The summed E-state index contributed by atoms with van der Waals surface area (Å²) in [7, 11) is 0. The van der Waals surface area contributed by atoms with E-state index in [-0.39, 0.29) is 18.3 Å². The summed E-state index contributed by atoms with van der Waals surface area (Å²) in [5, 5.41) is 23.7. The molecule has 0 bridgehead atoms. The van der Waals surface area contributed by atoms with E-state index >= 15 is 0 Å². The Morgan fingerprint density at radius 1 is 1.38 bits per heavy atom. The van der Waals surface area contributed by atoms with Gasteiger partial charge < -0.3 is 15.7 Å². The number of carbonyl (C=O) groups excluding carboxylic acids is 1. The fourth-order valence-corrected chi connectivity index (χ4v) is 3.15. The minimum absolute atomic E-state index is 0.143. The van der Waals surface area contributed by atoms with Crippen LogP contribution >= 0.6 is 0 Å². The third kappa shape index (κ3) is 3.73. The maximum Gasteiger partial charge on any atom is 0.273 e. The van der Waals surface area contributed by atoms with Crippen LogP contribution < -0.4 is 10.6 Å². The van der Waals surface area contributed by atoms with Gasteiger partial charge in [0.2, 0.25) is 0 Å². The normalized spacial score (nSPS) is 16.5. The van der Waals surface area contributed by atoms with Gasteiger partial charge in [0.05, 0.1) is 17.3 Å². The lowest BCUT2D eigenvalue weighted by molar-refractivity contribution is 0.0905. The maximum atomic E-state index is 13.7. The molecule has 0 aliphatic carbocycles. The Kier molecular flexibility index (Phi) is 5.58. The van der Waals surface area contributed by atoms with Crippen molar-refractivity contribution in [2.45, 2.75) is 31.9 Å². The van der Waals surface area contributed by atoms with E-state index in [2.05, 4.69) is 20.9 Å². The Labute approximate surface area is 149 Å². The second-order valence-electron chi connectivity index (χ2n) is 6.31. The molecule has 3 N–H and O–H groups in total. The van der Waals surface area contributed by atoms with Gasteiger partial charge in [-0.15, -0.1) is 5.10 Å². The van der Waals surface area contributed by atoms with Crippen LogP contribution in [0.2, 0.25) is 0 Å². The standard InChI is InChI=1S/C17H21F2N5O2/c1-10-16(22-23-24(10)11-5-7-20-8-6-11)17(26)21-9-14(25)15-12(18)3-2-4-13(15)19/h2-4,11,14,20,25H,5-9H2,1H3,(H,21,26)/t14-/m0/s1. The van der Waals surface area contributed by atoms with Crippen molar-refractivity contribution >= 4 is 5.91 Å². The van der Waals surface area contributed by atoms with Crippen LogP contribution in [0.3, 0.4) is 0 Å². The van der Waals surface area contributed by atoms with E-state index in [1.165, 1.54) is 6.07 Å². The summed E-state index contributed by atoms with van der Waals surface area (Å²) < 4.78 is 29.1. The van der Waals surface area contributed by atoms with Crippen molar-refractivity contribution in [2.75, 3.05) is 19.6 Å².